The maximum atomic E-state index is 14.2. The quantitative estimate of drug-likeness (QED) is 0.327. The molecule has 0 heterocycles. The molecule has 1 N–H and O–H groups in total. The summed E-state index contributed by atoms with van der Waals surface area (Å²) < 4.78 is 34.6. The van der Waals surface area contributed by atoms with E-state index in [0.29, 0.717) is 11.4 Å². The van der Waals surface area contributed by atoms with E-state index in [9.17, 15) is 18.0 Å². The summed E-state index contributed by atoms with van der Waals surface area (Å²) >= 11 is 0. The summed E-state index contributed by atoms with van der Waals surface area (Å²) in [5, 5.41) is 3.10. The largest absolute Gasteiger partial charge is 0.497 e. The first kappa shape index (κ1) is 31.1. The van der Waals surface area contributed by atoms with E-state index < -0.39 is 28.5 Å². The highest BCUT2D eigenvalue weighted by Crippen LogP contribution is 2.29. The van der Waals surface area contributed by atoms with Crippen LogP contribution >= 0.6 is 0 Å². The van der Waals surface area contributed by atoms with Crippen LogP contribution in [0.15, 0.2) is 71.6 Å². The predicted molar refractivity (Wildman–Crippen MR) is 165 cm³/mol. The normalized spacial score (nSPS) is 14.3. The van der Waals surface area contributed by atoms with E-state index in [-0.39, 0.29) is 23.4 Å². The molecular weight excluding hydrogens is 550 g/mol. The Bertz CT molecular complexity index is 1500. The number of hydrogen-bond donors (Lipinski definition) is 1. The zero-order valence-corrected chi connectivity index (χ0v) is 25.9. The highest BCUT2D eigenvalue weighted by Gasteiger charge is 2.34. The van der Waals surface area contributed by atoms with Crippen molar-refractivity contribution in [3.8, 4) is 5.75 Å². The van der Waals surface area contributed by atoms with Gasteiger partial charge in [0.1, 0.15) is 18.3 Å². The second-order valence-electron chi connectivity index (χ2n) is 11.1. The minimum absolute atomic E-state index is 0.0891. The summed E-state index contributed by atoms with van der Waals surface area (Å²) in [7, 11) is -2.54. The molecule has 8 nitrogen and oxygen atoms in total. The minimum Gasteiger partial charge on any atom is -0.497 e. The molecule has 1 aliphatic carbocycles. The lowest BCUT2D eigenvalue weighted by molar-refractivity contribution is -0.139. The van der Waals surface area contributed by atoms with Crippen LogP contribution in [-0.2, 0) is 26.2 Å². The Morgan fingerprint density at radius 1 is 0.952 bits per heavy atom. The third-order valence-corrected chi connectivity index (χ3v) is 9.89. The van der Waals surface area contributed by atoms with Crippen LogP contribution in [0.3, 0.4) is 0 Å². The van der Waals surface area contributed by atoms with Crippen molar-refractivity contribution in [3.05, 3.63) is 89.0 Å². The Labute approximate surface area is 249 Å². The lowest BCUT2D eigenvalue weighted by Crippen LogP contribution is -2.52. The maximum absolute atomic E-state index is 14.2. The van der Waals surface area contributed by atoms with Gasteiger partial charge in [-0.3, -0.25) is 13.9 Å². The number of nitrogens with one attached hydrogen (secondary N) is 1. The first-order valence-corrected chi connectivity index (χ1v) is 15.8. The van der Waals surface area contributed by atoms with Crippen molar-refractivity contribution in [2.45, 2.75) is 76.9 Å². The molecular formula is C33H41N3O5S. The van der Waals surface area contributed by atoms with Crippen molar-refractivity contribution in [3.63, 3.8) is 0 Å². The highest BCUT2D eigenvalue weighted by molar-refractivity contribution is 7.92. The molecule has 0 spiro atoms. The number of amides is 2. The van der Waals surface area contributed by atoms with Crippen LogP contribution in [0, 0.1) is 20.8 Å². The Balaban J connectivity index is 1.71. The van der Waals surface area contributed by atoms with E-state index in [1.54, 1.807) is 62.6 Å². The molecule has 0 unspecified atom stereocenters. The van der Waals surface area contributed by atoms with Crippen LogP contribution < -0.4 is 14.4 Å². The third kappa shape index (κ3) is 7.13. The van der Waals surface area contributed by atoms with Gasteiger partial charge in [0.2, 0.25) is 11.8 Å². The molecule has 1 saturated carbocycles. The Kier molecular flexibility index (Phi) is 9.93. The van der Waals surface area contributed by atoms with Crippen LogP contribution in [0.2, 0.25) is 0 Å². The maximum Gasteiger partial charge on any atom is 0.264 e. The Morgan fingerprint density at radius 3 is 2.21 bits per heavy atom. The lowest BCUT2D eigenvalue weighted by Gasteiger charge is -2.33. The fourth-order valence-corrected chi connectivity index (χ4v) is 6.73. The first-order chi connectivity index (χ1) is 20.0. The molecule has 3 aromatic rings. The van der Waals surface area contributed by atoms with Crippen LogP contribution in [-0.4, -0.2) is 50.9 Å². The molecule has 0 radical (unpaired) electrons. The average molecular weight is 592 g/mol. The van der Waals surface area contributed by atoms with Gasteiger partial charge in [0.05, 0.1) is 17.7 Å². The molecule has 0 saturated heterocycles. The fourth-order valence-electron chi connectivity index (χ4n) is 5.26. The van der Waals surface area contributed by atoms with E-state index in [2.05, 4.69) is 5.32 Å². The van der Waals surface area contributed by atoms with Gasteiger partial charge in [0, 0.05) is 12.6 Å². The van der Waals surface area contributed by atoms with Crippen molar-refractivity contribution >= 4 is 27.5 Å². The van der Waals surface area contributed by atoms with Crippen molar-refractivity contribution in [2.75, 3.05) is 18.0 Å². The van der Waals surface area contributed by atoms with E-state index >= 15 is 0 Å². The number of anilines is 1. The molecule has 0 aromatic heterocycles. The van der Waals surface area contributed by atoms with Gasteiger partial charge in [-0.05, 0) is 87.6 Å². The number of rotatable bonds is 11. The summed E-state index contributed by atoms with van der Waals surface area (Å²) in [5.41, 5.74) is 3.81. The summed E-state index contributed by atoms with van der Waals surface area (Å²) in [4.78, 5) is 29.1. The Morgan fingerprint density at radius 2 is 1.60 bits per heavy atom. The van der Waals surface area contributed by atoms with Gasteiger partial charge >= 0.3 is 0 Å². The molecule has 0 aliphatic heterocycles. The highest BCUT2D eigenvalue weighted by atomic mass is 32.2. The number of hydrogen-bond acceptors (Lipinski definition) is 5. The topological polar surface area (TPSA) is 96.0 Å². The predicted octanol–water partition coefficient (Wildman–Crippen LogP) is 5.29. The van der Waals surface area contributed by atoms with Gasteiger partial charge < -0.3 is 15.0 Å². The first-order valence-electron chi connectivity index (χ1n) is 14.4. The molecule has 0 bridgehead atoms. The van der Waals surface area contributed by atoms with E-state index in [1.807, 2.05) is 39.0 Å². The van der Waals surface area contributed by atoms with E-state index in [4.69, 9.17) is 4.74 Å². The van der Waals surface area contributed by atoms with Crippen molar-refractivity contribution in [1.29, 1.82) is 0 Å². The van der Waals surface area contributed by atoms with Crippen LogP contribution in [0.5, 0.6) is 5.75 Å². The Hall–Kier alpha value is -3.85. The summed E-state index contributed by atoms with van der Waals surface area (Å²) in [5.74, 6) is -0.0473. The van der Waals surface area contributed by atoms with Gasteiger partial charge in [0.15, 0.2) is 0 Å². The standard InChI is InChI=1S/C33H41N3O5S/c1-23-13-19-30(20-14-23)42(39,40)36(31-12-8-9-24(2)25(31)3)22-32(37)35(21-27-15-17-29(41-5)18-16-27)26(4)33(38)34-28-10-6-7-11-28/h8-9,12-20,26,28H,6-7,10-11,21-22H2,1-5H3,(H,34,38)/t26-/m1/s1. The van der Waals surface area contributed by atoms with Gasteiger partial charge in [-0.1, -0.05) is 54.8 Å². The number of aryl methyl sites for hydroxylation is 2. The SMILES string of the molecule is COc1ccc(CN(C(=O)CN(c2cccc(C)c2C)S(=O)(=O)c2ccc(C)cc2)[C@H](C)C(=O)NC2CCCC2)cc1. The summed E-state index contributed by atoms with van der Waals surface area (Å²) in [6.45, 7) is 7.01. The lowest BCUT2D eigenvalue weighted by atomic mass is 10.1. The van der Waals surface area contributed by atoms with Crippen molar-refractivity contribution in [1.82, 2.24) is 10.2 Å². The van der Waals surface area contributed by atoms with Gasteiger partial charge in [-0.15, -0.1) is 0 Å². The molecule has 1 fully saturated rings. The van der Waals surface area contributed by atoms with Crippen molar-refractivity contribution in [2.24, 2.45) is 0 Å². The third-order valence-electron chi connectivity index (χ3n) is 8.11. The van der Waals surface area contributed by atoms with Gasteiger partial charge in [0.25, 0.3) is 10.0 Å². The molecule has 224 valence electrons. The molecule has 3 aromatic carbocycles. The number of nitrogens with zero attached hydrogens (tertiary/aromatic N) is 2. The number of benzene rings is 3. The zero-order valence-electron chi connectivity index (χ0n) is 25.1. The number of ether oxygens (including phenoxy) is 1. The summed E-state index contributed by atoms with van der Waals surface area (Å²) in [6, 6.07) is 18.5. The molecule has 1 aliphatic rings. The number of methoxy groups -OCH3 is 1. The van der Waals surface area contributed by atoms with Crippen LogP contribution in [0.25, 0.3) is 0 Å². The second-order valence-corrected chi connectivity index (χ2v) is 12.9. The average Bonchev–Trinajstić information content (AvgIpc) is 3.49. The number of sulfonamides is 1. The number of carbonyl (C=O) groups excluding carboxylic acids is 2. The van der Waals surface area contributed by atoms with Gasteiger partial charge in [-0.25, -0.2) is 8.42 Å². The van der Waals surface area contributed by atoms with E-state index in [0.717, 1.165) is 47.9 Å². The summed E-state index contributed by atoms with van der Waals surface area (Å²) in [6.07, 6.45) is 3.96. The smallest absolute Gasteiger partial charge is 0.264 e. The second kappa shape index (κ2) is 13.4. The molecule has 2 amide bonds. The fraction of sp³-hybridized carbons (Fsp3) is 0.394. The molecule has 1 atom stereocenters. The van der Waals surface area contributed by atoms with Gasteiger partial charge in [-0.2, -0.15) is 0 Å². The van der Waals surface area contributed by atoms with Crippen LogP contribution in [0.1, 0.15) is 54.9 Å². The molecule has 9 heteroatoms. The zero-order chi connectivity index (χ0) is 30.4. The number of carbonyl (C=O) groups is 2. The van der Waals surface area contributed by atoms with E-state index in [1.165, 1.54) is 9.21 Å². The molecule has 4 rings (SSSR count). The molecule has 42 heavy (non-hydrogen) atoms. The van der Waals surface area contributed by atoms with Crippen LogP contribution in [0.4, 0.5) is 5.69 Å². The minimum atomic E-state index is -4.12. The van der Waals surface area contributed by atoms with Crippen molar-refractivity contribution < 1.29 is 22.7 Å². The monoisotopic (exact) mass is 591 g/mol.